The SMILES string of the molecule is Cc1cccc(C(=O)Nc2cccc(CN)c2)c1Br. The second-order valence-electron chi connectivity index (χ2n) is 4.30. The van der Waals surface area contributed by atoms with Crippen molar-refractivity contribution in [2.75, 3.05) is 5.32 Å². The molecule has 2 aromatic carbocycles. The van der Waals surface area contributed by atoms with Crippen molar-refractivity contribution >= 4 is 27.5 Å². The maximum absolute atomic E-state index is 12.2. The predicted octanol–water partition coefficient (Wildman–Crippen LogP) is 3.47. The highest BCUT2D eigenvalue weighted by Crippen LogP contribution is 2.22. The minimum absolute atomic E-state index is 0.134. The van der Waals surface area contributed by atoms with Crippen LogP contribution >= 0.6 is 15.9 Å². The van der Waals surface area contributed by atoms with E-state index in [1.807, 2.05) is 43.3 Å². The van der Waals surface area contributed by atoms with E-state index in [4.69, 9.17) is 5.73 Å². The minimum atomic E-state index is -0.134. The molecule has 0 heterocycles. The molecule has 0 saturated carbocycles. The predicted molar refractivity (Wildman–Crippen MR) is 81.2 cm³/mol. The number of nitrogens with two attached hydrogens (primary N) is 1. The van der Waals surface area contributed by atoms with Gasteiger partial charge in [0, 0.05) is 16.7 Å². The smallest absolute Gasteiger partial charge is 0.256 e. The fourth-order valence-electron chi connectivity index (χ4n) is 1.80. The molecule has 0 bridgehead atoms. The Balaban J connectivity index is 2.23. The zero-order valence-electron chi connectivity index (χ0n) is 10.6. The molecule has 0 unspecified atom stereocenters. The molecule has 19 heavy (non-hydrogen) atoms. The standard InChI is InChI=1S/C15H15BrN2O/c1-10-4-2-7-13(14(10)16)15(19)18-12-6-3-5-11(8-12)9-17/h2-8H,9,17H2,1H3,(H,18,19). The highest BCUT2D eigenvalue weighted by Gasteiger charge is 2.11. The number of aryl methyl sites for hydroxylation is 1. The van der Waals surface area contributed by atoms with Crippen molar-refractivity contribution in [3.8, 4) is 0 Å². The van der Waals surface area contributed by atoms with Gasteiger partial charge < -0.3 is 11.1 Å². The van der Waals surface area contributed by atoms with Crippen LogP contribution in [0.25, 0.3) is 0 Å². The van der Waals surface area contributed by atoms with Gasteiger partial charge in [0.15, 0.2) is 0 Å². The fraction of sp³-hybridized carbons (Fsp3) is 0.133. The molecule has 3 N–H and O–H groups in total. The zero-order chi connectivity index (χ0) is 13.8. The monoisotopic (exact) mass is 318 g/mol. The maximum atomic E-state index is 12.2. The third-order valence-electron chi connectivity index (χ3n) is 2.86. The van der Waals surface area contributed by atoms with Crippen LogP contribution in [-0.4, -0.2) is 5.91 Å². The summed E-state index contributed by atoms with van der Waals surface area (Å²) in [5.74, 6) is -0.134. The summed E-state index contributed by atoms with van der Waals surface area (Å²) in [5, 5.41) is 2.88. The summed E-state index contributed by atoms with van der Waals surface area (Å²) in [6, 6.07) is 13.1. The summed E-state index contributed by atoms with van der Waals surface area (Å²) in [6.45, 7) is 2.41. The van der Waals surface area contributed by atoms with Crippen molar-refractivity contribution in [1.29, 1.82) is 0 Å². The number of carbonyl (C=O) groups is 1. The Morgan fingerprint density at radius 2 is 2.00 bits per heavy atom. The van der Waals surface area contributed by atoms with Crippen molar-refractivity contribution in [3.63, 3.8) is 0 Å². The molecule has 0 atom stereocenters. The molecule has 0 saturated heterocycles. The Hall–Kier alpha value is -1.65. The Morgan fingerprint density at radius 3 is 2.74 bits per heavy atom. The van der Waals surface area contributed by atoms with E-state index in [0.717, 1.165) is 21.3 Å². The number of anilines is 1. The van der Waals surface area contributed by atoms with Gasteiger partial charge in [0.1, 0.15) is 0 Å². The average Bonchev–Trinajstić information content (AvgIpc) is 2.42. The summed E-state index contributed by atoms with van der Waals surface area (Å²) < 4.78 is 0.822. The van der Waals surface area contributed by atoms with Crippen molar-refractivity contribution in [2.24, 2.45) is 5.73 Å². The Morgan fingerprint density at radius 1 is 1.26 bits per heavy atom. The van der Waals surface area contributed by atoms with Crippen LogP contribution < -0.4 is 11.1 Å². The first kappa shape index (κ1) is 13.8. The summed E-state index contributed by atoms with van der Waals surface area (Å²) >= 11 is 3.44. The molecular formula is C15H15BrN2O. The second kappa shape index (κ2) is 5.99. The molecule has 0 radical (unpaired) electrons. The van der Waals surface area contributed by atoms with E-state index in [0.29, 0.717) is 12.1 Å². The number of hydrogen-bond donors (Lipinski definition) is 2. The molecular weight excluding hydrogens is 304 g/mol. The molecule has 1 amide bonds. The van der Waals surface area contributed by atoms with Gasteiger partial charge in [-0.15, -0.1) is 0 Å². The van der Waals surface area contributed by atoms with Gasteiger partial charge in [0.25, 0.3) is 5.91 Å². The minimum Gasteiger partial charge on any atom is -0.326 e. The van der Waals surface area contributed by atoms with E-state index >= 15 is 0 Å². The van der Waals surface area contributed by atoms with Gasteiger partial charge in [0.2, 0.25) is 0 Å². The van der Waals surface area contributed by atoms with E-state index < -0.39 is 0 Å². The fourth-order valence-corrected chi connectivity index (χ4v) is 2.24. The first-order valence-electron chi connectivity index (χ1n) is 5.97. The molecule has 98 valence electrons. The Bertz CT molecular complexity index is 611. The normalized spacial score (nSPS) is 10.3. The molecule has 4 heteroatoms. The summed E-state index contributed by atoms with van der Waals surface area (Å²) in [6.07, 6.45) is 0. The van der Waals surface area contributed by atoms with Crippen molar-refractivity contribution in [3.05, 3.63) is 63.6 Å². The van der Waals surface area contributed by atoms with E-state index in [1.54, 1.807) is 6.07 Å². The van der Waals surface area contributed by atoms with Crippen LogP contribution in [0.3, 0.4) is 0 Å². The molecule has 0 spiro atoms. The van der Waals surface area contributed by atoms with Crippen molar-refractivity contribution in [1.82, 2.24) is 0 Å². The molecule has 0 aliphatic rings. The highest BCUT2D eigenvalue weighted by atomic mass is 79.9. The lowest BCUT2D eigenvalue weighted by atomic mass is 10.1. The van der Waals surface area contributed by atoms with Crippen LogP contribution in [0.4, 0.5) is 5.69 Å². The lowest BCUT2D eigenvalue weighted by molar-refractivity contribution is 0.102. The van der Waals surface area contributed by atoms with Crippen LogP contribution in [0, 0.1) is 6.92 Å². The van der Waals surface area contributed by atoms with Gasteiger partial charge in [-0.25, -0.2) is 0 Å². The van der Waals surface area contributed by atoms with Crippen LogP contribution in [0.5, 0.6) is 0 Å². The summed E-state index contributed by atoms with van der Waals surface area (Å²) in [5.41, 5.74) is 8.98. The van der Waals surface area contributed by atoms with Crippen LogP contribution in [0.1, 0.15) is 21.5 Å². The third kappa shape index (κ3) is 3.22. The van der Waals surface area contributed by atoms with E-state index in [1.165, 1.54) is 0 Å². The van der Waals surface area contributed by atoms with Crippen LogP contribution in [0.2, 0.25) is 0 Å². The lowest BCUT2D eigenvalue weighted by Crippen LogP contribution is -2.13. The molecule has 0 aliphatic carbocycles. The number of hydrogen-bond acceptors (Lipinski definition) is 2. The topological polar surface area (TPSA) is 55.1 Å². The maximum Gasteiger partial charge on any atom is 0.256 e. The number of benzene rings is 2. The van der Waals surface area contributed by atoms with Crippen molar-refractivity contribution < 1.29 is 4.79 Å². The van der Waals surface area contributed by atoms with Gasteiger partial charge in [-0.2, -0.15) is 0 Å². The average molecular weight is 319 g/mol. The van der Waals surface area contributed by atoms with Gasteiger partial charge >= 0.3 is 0 Å². The first-order chi connectivity index (χ1) is 9.11. The Labute approximate surface area is 121 Å². The number of amides is 1. The largest absolute Gasteiger partial charge is 0.326 e. The summed E-state index contributed by atoms with van der Waals surface area (Å²) in [7, 11) is 0. The molecule has 0 aromatic heterocycles. The van der Waals surface area contributed by atoms with Gasteiger partial charge in [-0.1, -0.05) is 24.3 Å². The van der Waals surface area contributed by atoms with Gasteiger partial charge in [-0.3, -0.25) is 4.79 Å². The number of carbonyl (C=O) groups excluding carboxylic acids is 1. The number of rotatable bonds is 3. The van der Waals surface area contributed by atoms with Crippen LogP contribution in [-0.2, 0) is 6.54 Å². The van der Waals surface area contributed by atoms with Gasteiger partial charge in [-0.05, 0) is 52.2 Å². The van der Waals surface area contributed by atoms with E-state index in [2.05, 4.69) is 21.2 Å². The highest BCUT2D eigenvalue weighted by molar-refractivity contribution is 9.10. The van der Waals surface area contributed by atoms with Gasteiger partial charge in [0.05, 0.1) is 5.56 Å². The quantitative estimate of drug-likeness (QED) is 0.910. The molecule has 2 rings (SSSR count). The molecule has 2 aromatic rings. The lowest BCUT2D eigenvalue weighted by Gasteiger charge is -2.09. The number of nitrogens with one attached hydrogen (secondary N) is 1. The van der Waals surface area contributed by atoms with E-state index in [9.17, 15) is 4.79 Å². The molecule has 3 nitrogen and oxygen atoms in total. The second-order valence-corrected chi connectivity index (χ2v) is 5.09. The molecule has 0 aliphatic heterocycles. The van der Waals surface area contributed by atoms with Crippen molar-refractivity contribution in [2.45, 2.75) is 13.5 Å². The Kier molecular flexibility index (Phi) is 4.35. The number of halogens is 1. The summed E-state index contributed by atoms with van der Waals surface area (Å²) in [4.78, 5) is 12.2. The molecule has 0 fully saturated rings. The van der Waals surface area contributed by atoms with E-state index in [-0.39, 0.29) is 5.91 Å². The third-order valence-corrected chi connectivity index (χ3v) is 3.91. The zero-order valence-corrected chi connectivity index (χ0v) is 12.2. The first-order valence-corrected chi connectivity index (χ1v) is 6.76. The van der Waals surface area contributed by atoms with Crippen LogP contribution in [0.15, 0.2) is 46.9 Å².